The van der Waals surface area contributed by atoms with Crippen molar-refractivity contribution in [3.8, 4) is 0 Å². The van der Waals surface area contributed by atoms with Gasteiger partial charge in [-0.15, -0.1) is 0 Å². The van der Waals surface area contributed by atoms with Gasteiger partial charge in [0.25, 0.3) is 0 Å². The number of fused-ring (bicyclic) bond motifs is 1. The molecule has 2 aliphatic rings. The van der Waals surface area contributed by atoms with Gasteiger partial charge < -0.3 is 24.3 Å². The molecule has 1 amide bonds. The minimum atomic E-state index is -5.08. The molecular weight excluding hydrogens is 397 g/mol. The number of carboxylic acids is 1. The second-order valence-electron chi connectivity index (χ2n) is 6.95. The number of rotatable bonds is 6. The number of hydrogen-bond donors (Lipinski definition) is 2. The van der Waals surface area contributed by atoms with Crippen LogP contribution >= 0.6 is 0 Å². The summed E-state index contributed by atoms with van der Waals surface area (Å²) in [7, 11) is 1.64. The maximum absolute atomic E-state index is 12.7. The van der Waals surface area contributed by atoms with Crippen LogP contribution in [0, 0.1) is 5.41 Å². The molecule has 2 N–H and O–H groups in total. The summed E-state index contributed by atoms with van der Waals surface area (Å²) in [6, 6.07) is 1.97. The molecule has 11 heteroatoms. The highest BCUT2D eigenvalue weighted by atomic mass is 19.4. The smallest absolute Gasteiger partial charge is 0.475 e. The Balaban J connectivity index is 0.000000370. The summed E-state index contributed by atoms with van der Waals surface area (Å²) in [4.78, 5) is 24.0. The van der Waals surface area contributed by atoms with E-state index in [0.29, 0.717) is 19.8 Å². The number of methoxy groups -OCH3 is 1. The van der Waals surface area contributed by atoms with E-state index in [4.69, 9.17) is 23.8 Å². The molecule has 164 valence electrons. The van der Waals surface area contributed by atoms with Gasteiger partial charge in [0.05, 0.1) is 30.7 Å². The fourth-order valence-corrected chi connectivity index (χ4v) is 3.57. The average Bonchev–Trinajstić information content (AvgIpc) is 3.31. The van der Waals surface area contributed by atoms with Gasteiger partial charge in [-0.1, -0.05) is 0 Å². The molecule has 3 heterocycles. The Morgan fingerprint density at radius 1 is 1.45 bits per heavy atom. The predicted octanol–water partition coefficient (Wildman–Crippen LogP) is 1.66. The van der Waals surface area contributed by atoms with E-state index in [0.717, 1.165) is 38.0 Å². The normalized spacial score (nSPS) is 24.3. The lowest BCUT2D eigenvalue weighted by molar-refractivity contribution is -0.192. The van der Waals surface area contributed by atoms with Gasteiger partial charge in [-0.05, 0) is 18.9 Å². The van der Waals surface area contributed by atoms with E-state index >= 15 is 0 Å². The first kappa shape index (κ1) is 23.2. The lowest BCUT2D eigenvalue weighted by atomic mass is 9.75. The van der Waals surface area contributed by atoms with Crippen molar-refractivity contribution < 1.29 is 41.8 Å². The molecule has 1 aromatic rings. The lowest BCUT2D eigenvalue weighted by Gasteiger charge is -2.42. The van der Waals surface area contributed by atoms with Crippen molar-refractivity contribution in [3.63, 3.8) is 0 Å². The number of aliphatic carboxylic acids is 1. The molecule has 0 aromatic carbocycles. The first-order valence-electron chi connectivity index (χ1n) is 9.11. The van der Waals surface area contributed by atoms with Crippen LogP contribution in [0.1, 0.15) is 18.4 Å². The van der Waals surface area contributed by atoms with Gasteiger partial charge in [0.1, 0.15) is 0 Å². The van der Waals surface area contributed by atoms with Gasteiger partial charge in [-0.3, -0.25) is 9.69 Å². The van der Waals surface area contributed by atoms with Crippen LogP contribution in [0.3, 0.4) is 0 Å². The number of carboxylic acid groups (broad SMARTS) is 1. The molecule has 29 heavy (non-hydrogen) atoms. The number of carbonyl (C=O) groups is 2. The quantitative estimate of drug-likeness (QED) is 0.673. The number of carbonyl (C=O) groups excluding carboxylic acids is 1. The fraction of sp³-hybridized carbons (Fsp3) is 0.667. The largest absolute Gasteiger partial charge is 0.490 e. The van der Waals surface area contributed by atoms with Crippen molar-refractivity contribution >= 4 is 11.9 Å². The van der Waals surface area contributed by atoms with Gasteiger partial charge in [0.2, 0.25) is 5.91 Å². The van der Waals surface area contributed by atoms with Crippen LogP contribution in [0.5, 0.6) is 0 Å². The predicted molar refractivity (Wildman–Crippen MR) is 94.0 cm³/mol. The highest BCUT2D eigenvalue weighted by Gasteiger charge is 2.53. The molecule has 8 nitrogen and oxygen atoms in total. The lowest BCUT2D eigenvalue weighted by Crippen LogP contribution is -2.57. The number of nitrogens with one attached hydrogen (secondary N) is 1. The minimum Gasteiger partial charge on any atom is -0.475 e. The molecule has 2 atom stereocenters. The van der Waals surface area contributed by atoms with Crippen LogP contribution in [0.15, 0.2) is 23.0 Å². The summed E-state index contributed by atoms with van der Waals surface area (Å²) >= 11 is 0. The fourth-order valence-electron chi connectivity index (χ4n) is 3.57. The average molecular weight is 422 g/mol. The zero-order valence-electron chi connectivity index (χ0n) is 16.0. The van der Waals surface area contributed by atoms with E-state index in [1.54, 1.807) is 19.6 Å². The van der Waals surface area contributed by atoms with Gasteiger partial charge >= 0.3 is 12.1 Å². The van der Waals surface area contributed by atoms with Crippen LogP contribution < -0.4 is 5.32 Å². The minimum absolute atomic E-state index is 0.0376. The van der Waals surface area contributed by atoms with Gasteiger partial charge in [-0.25, -0.2) is 4.79 Å². The Morgan fingerprint density at radius 3 is 2.76 bits per heavy atom. The standard InChI is InChI=1S/C16H24N2O4.C2HF3O2/c1-20-9-5-17-15(19)16-4-8-22-14(16)2-6-18(12-16)10-13-3-7-21-11-13;3-2(4,5)1(6)7/h3,7,11,14H,2,4-6,8-10,12H2,1H3,(H,17,19);(H,6,7)/t14-,16-;/m1./s1. The molecule has 2 aliphatic heterocycles. The number of halogens is 3. The zero-order valence-corrected chi connectivity index (χ0v) is 16.0. The maximum atomic E-state index is 12.7. The van der Waals surface area contributed by atoms with Crippen LogP contribution in [-0.4, -0.2) is 74.1 Å². The summed E-state index contributed by atoms with van der Waals surface area (Å²) in [6.07, 6.45) is 0.0976. The van der Waals surface area contributed by atoms with E-state index in [1.165, 1.54) is 0 Å². The Labute approximate surface area is 165 Å². The number of nitrogens with zero attached hydrogens (tertiary/aromatic N) is 1. The van der Waals surface area contributed by atoms with E-state index in [1.807, 2.05) is 6.07 Å². The molecular formula is C18H25F3N2O6. The molecule has 0 unspecified atom stereocenters. The third kappa shape index (κ3) is 6.18. The molecule has 0 aliphatic carbocycles. The van der Waals surface area contributed by atoms with Crippen molar-refractivity contribution in [3.05, 3.63) is 24.2 Å². The van der Waals surface area contributed by atoms with Crippen molar-refractivity contribution in [2.75, 3.05) is 40.0 Å². The van der Waals surface area contributed by atoms with E-state index in [2.05, 4.69) is 10.2 Å². The zero-order chi connectivity index (χ0) is 21.5. The molecule has 1 aromatic heterocycles. The van der Waals surface area contributed by atoms with E-state index in [-0.39, 0.29) is 12.0 Å². The molecule has 0 radical (unpaired) electrons. The molecule has 0 bridgehead atoms. The van der Waals surface area contributed by atoms with Gasteiger partial charge in [-0.2, -0.15) is 13.2 Å². The van der Waals surface area contributed by atoms with Crippen LogP contribution in [0.4, 0.5) is 13.2 Å². The number of hydrogen-bond acceptors (Lipinski definition) is 6. The number of amides is 1. The Morgan fingerprint density at radius 2 is 2.17 bits per heavy atom. The number of ether oxygens (including phenoxy) is 2. The molecule has 3 rings (SSSR count). The summed E-state index contributed by atoms with van der Waals surface area (Å²) < 4.78 is 47.7. The number of alkyl halides is 3. The Hall–Kier alpha value is -2.11. The summed E-state index contributed by atoms with van der Waals surface area (Å²) in [5.74, 6) is -2.66. The molecule has 0 spiro atoms. The first-order chi connectivity index (χ1) is 13.7. The summed E-state index contributed by atoms with van der Waals surface area (Å²) in [6.45, 7) is 4.25. The van der Waals surface area contributed by atoms with Gasteiger partial charge in [0, 0.05) is 45.5 Å². The van der Waals surface area contributed by atoms with Crippen molar-refractivity contribution in [1.29, 1.82) is 0 Å². The molecule has 0 saturated carbocycles. The third-order valence-electron chi connectivity index (χ3n) is 4.97. The van der Waals surface area contributed by atoms with Crippen LogP contribution in [0.25, 0.3) is 0 Å². The highest BCUT2D eigenvalue weighted by molar-refractivity contribution is 5.84. The number of piperidine rings is 1. The second kappa shape index (κ2) is 10.1. The van der Waals surface area contributed by atoms with Crippen LogP contribution in [-0.2, 0) is 25.6 Å². The van der Waals surface area contributed by atoms with Gasteiger partial charge in [0.15, 0.2) is 0 Å². The first-order valence-corrected chi connectivity index (χ1v) is 9.11. The molecule has 2 saturated heterocycles. The monoisotopic (exact) mass is 422 g/mol. The topological polar surface area (TPSA) is 101 Å². The Kier molecular flexibility index (Phi) is 8.05. The van der Waals surface area contributed by atoms with E-state index < -0.39 is 17.6 Å². The summed E-state index contributed by atoms with van der Waals surface area (Å²) in [5, 5.41) is 10.1. The third-order valence-corrected chi connectivity index (χ3v) is 4.97. The van der Waals surface area contributed by atoms with Crippen molar-refractivity contribution in [1.82, 2.24) is 10.2 Å². The van der Waals surface area contributed by atoms with Crippen LogP contribution in [0.2, 0.25) is 0 Å². The van der Waals surface area contributed by atoms with Crippen molar-refractivity contribution in [2.45, 2.75) is 31.7 Å². The maximum Gasteiger partial charge on any atom is 0.490 e. The molecule has 2 fully saturated rings. The second-order valence-corrected chi connectivity index (χ2v) is 6.95. The highest BCUT2D eigenvalue weighted by Crippen LogP contribution is 2.41. The van der Waals surface area contributed by atoms with Crippen molar-refractivity contribution in [2.24, 2.45) is 5.41 Å². The number of likely N-dealkylation sites (tertiary alicyclic amines) is 1. The summed E-state index contributed by atoms with van der Waals surface area (Å²) in [5.41, 5.74) is 0.725. The van der Waals surface area contributed by atoms with E-state index in [9.17, 15) is 18.0 Å². The number of furan rings is 1. The SMILES string of the molecule is COCCNC(=O)[C@@]12CCO[C@@H]1CCN(Cc1ccoc1)C2.O=C(O)C(F)(F)F. The Bertz CT molecular complexity index is 667.